The second-order valence-electron chi connectivity index (χ2n) is 6.75. The minimum absolute atomic E-state index is 0.216. The molecular weight excluding hydrogens is 394 g/mol. The van der Waals surface area contributed by atoms with E-state index in [1.54, 1.807) is 13.0 Å². The second-order valence-corrected chi connectivity index (χ2v) is 6.75. The molecule has 2 aromatic carbocycles. The fourth-order valence-electron chi connectivity index (χ4n) is 3.28. The molecule has 2 aromatic heterocycles. The summed E-state index contributed by atoms with van der Waals surface area (Å²) in [5.41, 5.74) is 3.02. The Hall–Kier alpha value is -4.20. The number of amides is 1. The summed E-state index contributed by atoms with van der Waals surface area (Å²) in [6.45, 7) is 1.96. The molecule has 0 spiro atoms. The Bertz CT molecular complexity index is 1200. The number of rotatable bonds is 6. The van der Waals surface area contributed by atoms with Crippen LogP contribution in [0.15, 0.2) is 77.7 Å². The van der Waals surface area contributed by atoms with Crippen LogP contribution in [0.4, 0.5) is 16.3 Å². The van der Waals surface area contributed by atoms with Gasteiger partial charge in [-0.1, -0.05) is 60.7 Å². The standard InChI is InChI=1S/C23H21N5O3/c1-2-31-23(30)27-18-13-17(21-22(26-18)24-14-19(29)28-21)25-20(15-9-5-3-6-10-15)16-11-7-4-8-12-16/h3-14,20H,2H2,1H3,(H,28,29)(H2,24,25,26,27,30). The van der Waals surface area contributed by atoms with Gasteiger partial charge in [0, 0.05) is 6.07 Å². The molecule has 0 bridgehead atoms. The summed E-state index contributed by atoms with van der Waals surface area (Å²) >= 11 is 0. The van der Waals surface area contributed by atoms with Crippen molar-refractivity contribution in [3.05, 3.63) is 94.4 Å². The van der Waals surface area contributed by atoms with Crippen molar-refractivity contribution >= 4 is 28.8 Å². The van der Waals surface area contributed by atoms with E-state index in [9.17, 15) is 9.59 Å². The second kappa shape index (κ2) is 9.08. The highest BCUT2D eigenvalue weighted by molar-refractivity contribution is 5.91. The molecule has 0 saturated carbocycles. The zero-order valence-corrected chi connectivity index (χ0v) is 16.8. The maximum atomic E-state index is 11.9. The van der Waals surface area contributed by atoms with Crippen LogP contribution in [-0.4, -0.2) is 27.7 Å². The van der Waals surface area contributed by atoms with E-state index in [2.05, 4.69) is 25.6 Å². The molecule has 0 aliphatic carbocycles. The molecule has 0 aliphatic rings. The molecule has 31 heavy (non-hydrogen) atoms. The van der Waals surface area contributed by atoms with Gasteiger partial charge in [0.1, 0.15) is 11.3 Å². The number of hydrogen-bond acceptors (Lipinski definition) is 6. The smallest absolute Gasteiger partial charge is 0.412 e. The molecule has 8 heteroatoms. The van der Waals surface area contributed by atoms with Crippen LogP contribution in [0.3, 0.4) is 0 Å². The van der Waals surface area contributed by atoms with E-state index in [0.717, 1.165) is 17.3 Å². The molecule has 0 unspecified atom stereocenters. The molecule has 0 radical (unpaired) electrons. The maximum absolute atomic E-state index is 11.9. The minimum Gasteiger partial charge on any atom is -0.450 e. The lowest BCUT2D eigenvalue weighted by Gasteiger charge is -2.22. The largest absolute Gasteiger partial charge is 0.450 e. The van der Waals surface area contributed by atoms with Gasteiger partial charge in [0.2, 0.25) is 0 Å². The van der Waals surface area contributed by atoms with Crippen LogP contribution in [0.5, 0.6) is 0 Å². The Morgan fingerprint density at radius 2 is 1.71 bits per heavy atom. The van der Waals surface area contributed by atoms with Crippen molar-refractivity contribution in [1.29, 1.82) is 0 Å². The summed E-state index contributed by atoms with van der Waals surface area (Å²) in [7, 11) is 0. The van der Waals surface area contributed by atoms with Crippen LogP contribution in [0.25, 0.3) is 11.2 Å². The van der Waals surface area contributed by atoms with E-state index in [1.807, 2.05) is 60.7 Å². The van der Waals surface area contributed by atoms with Crippen LogP contribution < -0.4 is 16.2 Å². The monoisotopic (exact) mass is 415 g/mol. The zero-order valence-electron chi connectivity index (χ0n) is 16.8. The van der Waals surface area contributed by atoms with E-state index in [1.165, 1.54) is 0 Å². The zero-order chi connectivity index (χ0) is 21.6. The van der Waals surface area contributed by atoms with Crippen molar-refractivity contribution in [2.24, 2.45) is 0 Å². The van der Waals surface area contributed by atoms with E-state index in [-0.39, 0.29) is 29.7 Å². The fraction of sp³-hybridized carbons (Fsp3) is 0.130. The molecular formula is C23H21N5O3. The molecule has 1 amide bonds. The number of ether oxygens (including phenoxy) is 1. The van der Waals surface area contributed by atoms with Gasteiger partial charge in [0.25, 0.3) is 5.56 Å². The summed E-state index contributed by atoms with van der Waals surface area (Å²) in [6.07, 6.45) is 0.534. The molecule has 0 saturated heterocycles. The highest BCUT2D eigenvalue weighted by Gasteiger charge is 2.17. The van der Waals surface area contributed by atoms with E-state index in [4.69, 9.17) is 4.74 Å². The topological polar surface area (TPSA) is 109 Å². The number of pyridine rings is 1. The van der Waals surface area contributed by atoms with Crippen molar-refractivity contribution in [3.63, 3.8) is 0 Å². The molecule has 156 valence electrons. The normalized spacial score (nSPS) is 10.8. The maximum Gasteiger partial charge on any atom is 0.412 e. The van der Waals surface area contributed by atoms with E-state index in [0.29, 0.717) is 11.2 Å². The number of nitrogens with one attached hydrogen (secondary N) is 3. The Morgan fingerprint density at radius 3 is 2.32 bits per heavy atom. The third kappa shape index (κ3) is 4.69. The summed E-state index contributed by atoms with van der Waals surface area (Å²) < 4.78 is 4.95. The van der Waals surface area contributed by atoms with Crippen LogP contribution in [0.1, 0.15) is 24.1 Å². The molecule has 2 heterocycles. The van der Waals surface area contributed by atoms with Gasteiger partial charge in [-0.3, -0.25) is 10.1 Å². The van der Waals surface area contributed by atoms with Crippen LogP contribution in [-0.2, 0) is 4.74 Å². The average Bonchev–Trinajstić information content (AvgIpc) is 2.79. The highest BCUT2D eigenvalue weighted by Crippen LogP contribution is 2.30. The predicted molar refractivity (Wildman–Crippen MR) is 119 cm³/mol. The number of carbonyl (C=O) groups excluding carboxylic acids is 1. The lowest BCUT2D eigenvalue weighted by Crippen LogP contribution is -2.17. The number of nitrogens with zero attached hydrogens (tertiary/aromatic N) is 2. The van der Waals surface area contributed by atoms with Crippen molar-refractivity contribution in [3.8, 4) is 0 Å². The summed E-state index contributed by atoms with van der Waals surface area (Å²) in [4.78, 5) is 35.1. The Morgan fingerprint density at radius 1 is 1.06 bits per heavy atom. The number of aromatic nitrogens is 3. The molecule has 8 nitrogen and oxygen atoms in total. The average molecular weight is 415 g/mol. The lowest BCUT2D eigenvalue weighted by molar-refractivity contribution is 0.168. The van der Waals surface area contributed by atoms with Gasteiger partial charge in [-0.05, 0) is 18.1 Å². The molecule has 4 rings (SSSR count). The molecule has 0 atom stereocenters. The van der Waals surface area contributed by atoms with Gasteiger partial charge in [0.05, 0.1) is 24.5 Å². The number of anilines is 2. The van der Waals surface area contributed by atoms with E-state index < -0.39 is 6.09 Å². The van der Waals surface area contributed by atoms with Crippen LogP contribution >= 0.6 is 0 Å². The first-order valence-corrected chi connectivity index (χ1v) is 9.84. The molecule has 0 fully saturated rings. The van der Waals surface area contributed by atoms with Gasteiger partial charge >= 0.3 is 6.09 Å². The summed E-state index contributed by atoms with van der Waals surface area (Å²) in [6, 6.07) is 21.3. The molecule has 3 N–H and O–H groups in total. The van der Waals surface area contributed by atoms with Crippen LogP contribution in [0.2, 0.25) is 0 Å². The van der Waals surface area contributed by atoms with Gasteiger partial charge in [-0.25, -0.2) is 14.8 Å². The van der Waals surface area contributed by atoms with Gasteiger partial charge < -0.3 is 15.0 Å². The number of H-pyrrole nitrogens is 1. The Labute approximate surface area is 178 Å². The van der Waals surface area contributed by atoms with Gasteiger partial charge in [-0.2, -0.15) is 0 Å². The molecule has 0 aliphatic heterocycles. The first kappa shape index (κ1) is 20.1. The lowest BCUT2D eigenvalue weighted by atomic mass is 9.98. The number of benzene rings is 2. The Balaban J connectivity index is 1.81. The quantitative estimate of drug-likeness (QED) is 0.438. The van der Waals surface area contributed by atoms with Crippen molar-refractivity contribution in [2.75, 3.05) is 17.2 Å². The van der Waals surface area contributed by atoms with Crippen molar-refractivity contribution in [2.45, 2.75) is 13.0 Å². The number of hydrogen-bond donors (Lipinski definition) is 3. The summed E-state index contributed by atoms with van der Waals surface area (Å²) in [5, 5.41) is 6.08. The third-order valence-corrected chi connectivity index (χ3v) is 4.62. The number of fused-ring (bicyclic) bond motifs is 1. The Kier molecular flexibility index (Phi) is 5.89. The third-order valence-electron chi connectivity index (χ3n) is 4.62. The van der Waals surface area contributed by atoms with E-state index >= 15 is 0 Å². The predicted octanol–water partition coefficient (Wildman–Crippen LogP) is 4.09. The van der Waals surface area contributed by atoms with Gasteiger partial charge in [0.15, 0.2) is 5.65 Å². The van der Waals surface area contributed by atoms with Crippen molar-refractivity contribution in [1.82, 2.24) is 15.0 Å². The first-order chi connectivity index (χ1) is 15.1. The summed E-state index contributed by atoms with van der Waals surface area (Å²) in [5.74, 6) is 0.257. The molecule has 4 aromatic rings. The number of carbonyl (C=O) groups is 1. The van der Waals surface area contributed by atoms with Crippen molar-refractivity contribution < 1.29 is 9.53 Å². The minimum atomic E-state index is -0.618. The van der Waals surface area contributed by atoms with Crippen LogP contribution in [0, 0.1) is 0 Å². The first-order valence-electron chi connectivity index (χ1n) is 9.84. The number of aromatic amines is 1. The SMILES string of the molecule is CCOC(=O)Nc1cc(NC(c2ccccc2)c2ccccc2)c2[nH]c(=O)cnc2n1. The highest BCUT2D eigenvalue weighted by atomic mass is 16.5. The van der Waals surface area contributed by atoms with Gasteiger partial charge in [-0.15, -0.1) is 0 Å². The fourth-order valence-corrected chi connectivity index (χ4v) is 3.28.